The second-order valence-corrected chi connectivity index (χ2v) is 3.98. The summed E-state index contributed by atoms with van der Waals surface area (Å²) < 4.78 is 10.4. The second-order valence-electron chi connectivity index (χ2n) is 3.14. The zero-order valence-electron chi connectivity index (χ0n) is 8.80. The Morgan fingerprint density at radius 2 is 2.07 bits per heavy atom. The van der Waals surface area contributed by atoms with E-state index in [1.54, 1.807) is 19.2 Å². The molecular formula is C11H14Cl2O2. The van der Waals surface area contributed by atoms with Crippen molar-refractivity contribution in [2.75, 3.05) is 13.9 Å². The average molecular weight is 249 g/mol. The van der Waals surface area contributed by atoms with E-state index in [9.17, 15) is 0 Å². The highest BCUT2D eigenvalue weighted by atomic mass is 35.5. The molecule has 2 nitrogen and oxygen atoms in total. The Labute approximate surface area is 100 Å². The third-order valence-electron chi connectivity index (χ3n) is 2.06. The highest BCUT2D eigenvalue weighted by molar-refractivity contribution is 6.33. The SMILES string of the molecule is CCC(OCOC)c1cc(Cl)ccc1Cl. The smallest absolute Gasteiger partial charge is 0.147 e. The van der Waals surface area contributed by atoms with Gasteiger partial charge in [0.25, 0.3) is 0 Å². The van der Waals surface area contributed by atoms with Gasteiger partial charge in [0.1, 0.15) is 6.79 Å². The largest absolute Gasteiger partial charge is 0.359 e. The lowest BCUT2D eigenvalue weighted by Gasteiger charge is -2.17. The van der Waals surface area contributed by atoms with E-state index < -0.39 is 0 Å². The van der Waals surface area contributed by atoms with Crippen molar-refractivity contribution in [3.8, 4) is 0 Å². The van der Waals surface area contributed by atoms with Gasteiger partial charge in [0.2, 0.25) is 0 Å². The Balaban J connectivity index is 2.85. The van der Waals surface area contributed by atoms with Gasteiger partial charge in [0.05, 0.1) is 6.10 Å². The molecule has 0 bridgehead atoms. The van der Waals surface area contributed by atoms with Gasteiger partial charge in [0, 0.05) is 22.7 Å². The first-order chi connectivity index (χ1) is 7.19. The quantitative estimate of drug-likeness (QED) is 0.732. The summed E-state index contributed by atoms with van der Waals surface area (Å²) in [4.78, 5) is 0. The van der Waals surface area contributed by atoms with E-state index in [1.807, 2.05) is 13.0 Å². The minimum absolute atomic E-state index is 0.0730. The van der Waals surface area contributed by atoms with E-state index in [0.29, 0.717) is 10.0 Å². The van der Waals surface area contributed by atoms with Crippen molar-refractivity contribution in [2.45, 2.75) is 19.4 Å². The Morgan fingerprint density at radius 1 is 1.33 bits per heavy atom. The fraction of sp³-hybridized carbons (Fsp3) is 0.455. The zero-order chi connectivity index (χ0) is 11.3. The predicted octanol–water partition coefficient (Wildman–Crippen LogP) is 4.07. The summed E-state index contributed by atoms with van der Waals surface area (Å²) in [5.74, 6) is 0. The van der Waals surface area contributed by atoms with Crippen molar-refractivity contribution in [3.05, 3.63) is 33.8 Å². The van der Waals surface area contributed by atoms with Crippen LogP contribution in [0.2, 0.25) is 10.0 Å². The summed E-state index contributed by atoms with van der Waals surface area (Å²) >= 11 is 12.0. The van der Waals surface area contributed by atoms with Gasteiger partial charge in [-0.2, -0.15) is 0 Å². The topological polar surface area (TPSA) is 18.5 Å². The Morgan fingerprint density at radius 3 is 2.67 bits per heavy atom. The fourth-order valence-electron chi connectivity index (χ4n) is 1.34. The van der Waals surface area contributed by atoms with E-state index in [1.165, 1.54) is 0 Å². The molecule has 1 rings (SSSR count). The molecule has 0 fully saturated rings. The van der Waals surface area contributed by atoms with Crippen LogP contribution >= 0.6 is 23.2 Å². The summed E-state index contributed by atoms with van der Waals surface area (Å²) in [7, 11) is 1.59. The molecule has 15 heavy (non-hydrogen) atoms. The monoisotopic (exact) mass is 248 g/mol. The van der Waals surface area contributed by atoms with Crippen LogP contribution in [0.5, 0.6) is 0 Å². The van der Waals surface area contributed by atoms with Crippen molar-refractivity contribution < 1.29 is 9.47 Å². The van der Waals surface area contributed by atoms with E-state index in [0.717, 1.165) is 12.0 Å². The Bertz CT molecular complexity index is 315. The standard InChI is InChI=1S/C11H14Cl2O2/c1-3-11(15-7-14-2)9-6-8(12)4-5-10(9)13/h4-6,11H,3,7H2,1-2H3. The normalized spacial score (nSPS) is 12.8. The van der Waals surface area contributed by atoms with Gasteiger partial charge in [-0.05, 0) is 24.6 Å². The van der Waals surface area contributed by atoms with Crippen LogP contribution in [-0.2, 0) is 9.47 Å². The molecule has 0 aliphatic carbocycles. The Kier molecular flexibility index (Phi) is 5.40. The van der Waals surface area contributed by atoms with Crippen molar-refractivity contribution in [1.82, 2.24) is 0 Å². The van der Waals surface area contributed by atoms with Gasteiger partial charge >= 0.3 is 0 Å². The van der Waals surface area contributed by atoms with Crippen LogP contribution in [0.25, 0.3) is 0 Å². The molecule has 0 N–H and O–H groups in total. The highest BCUT2D eigenvalue weighted by Gasteiger charge is 2.13. The summed E-state index contributed by atoms with van der Waals surface area (Å²) in [6.45, 7) is 2.28. The van der Waals surface area contributed by atoms with Gasteiger partial charge in [-0.1, -0.05) is 30.1 Å². The minimum Gasteiger partial charge on any atom is -0.359 e. The number of methoxy groups -OCH3 is 1. The molecule has 0 heterocycles. The molecule has 0 amide bonds. The lowest BCUT2D eigenvalue weighted by molar-refractivity contribution is -0.0742. The summed E-state index contributed by atoms with van der Waals surface area (Å²) in [5, 5.41) is 1.33. The third kappa shape index (κ3) is 3.65. The first kappa shape index (κ1) is 12.8. The van der Waals surface area contributed by atoms with E-state index >= 15 is 0 Å². The lowest BCUT2D eigenvalue weighted by Crippen LogP contribution is -2.06. The molecule has 0 aromatic heterocycles. The third-order valence-corrected chi connectivity index (χ3v) is 2.64. The molecule has 4 heteroatoms. The van der Waals surface area contributed by atoms with Crippen molar-refractivity contribution in [3.63, 3.8) is 0 Å². The van der Waals surface area contributed by atoms with Gasteiger partial charge in [-0.25, -0.2) is 0 Å². The zero-order valence-corrected chi connectivity index (χ0v) is 10.3. The van der Waals surface area contributed by atoms with Gasteiger partial charge in [-0.15, -0.1) is 0 Å². The molecule has 84 valence electrons. The van der Waals surface area contributed by atoms with Gasteiger partial charge in [0.15, 0.2) is 0 Å². The number of halogens is 2. The van der Waals surface area contributed by atoms with Gasteiger partial charge < -0.3 is 9.47 Å². The lowest BCUT2D eigenvalue weighted by atomic mass is 10.1. The number of ether oxygens (including phenoxy) is 2. The van der Waals surface area contributed by atoms with Crippen LogP contribution < -0.4 is 0 Å². The summed E-state index contributed by atoms with van der Waals surface area (Å²) in [5.41, 5.74) is 0.906. The molecule has 1 unspecified atom stereocenters. The Hall–Kier alpha value is -0.280. The maximum atomic E-state index is 6.07. The first-order valence-electron chi connectivity index (χ1n) is 4.74. The second kappa shape index (κ2) is 6.33. The number of hydrogen-bond donors (Lipinski definition) is 0. The van der Waals surface area contributed by atoms with E-state index in [4.69, 9.17) is 32.7 Å². The first-order valence-corrected chi connectivity index (χ1v) is 5.50. The molecule has 0 aliphatic heterocycles. The fourth-order valence-corrected chi connectivity index (χ4v) is 1.76. The van der Waals surface area contributed by atoms with E-state index in [-0.39, 0.29) is 12.9 Å². The molecular weight excluding hydrogens is 235 g/mol. The average Bonchev–Trinajstić information content (AvgIpc) is 2.24. The van der Waals surface area contributed by atoms with Crippen molar-refractivity contribution >= 4 is 23.2 Å². The molecule has 0 aliphatic rings. The summed E-state index contributed by atoms with van der Waals surface area (Å²) in [6.07, 6.45) is 0.750. The van der Waals surface area contributed by atoms with Crippen LogP contribution in [-0.4, -0.2) is 13.9 Å². The maximum absolute atomic E-state index is 6.07. The number of benzene rings is 1. The summed E-state index contributed by atoms with van der Waals surface area (Å²) in [6, 6.07) is 5.36. The number of hydrogen-bond acceptors (Lipinski definition) is 2. The van der Waals surface area contributed by atoms with Crippen molar-refractivity contribution in [1.29, 1.82) is 0 Å². The molecule has 0 radical (unpaired) electrons. The maximum Gasteiger partial charge on any atom is 0.147 e. The molecule has 0 saturated heterocycles. The number of rotatable bonds is 5. The van der Waals surface area contributed by atoms with Crippen LogP contribution in [0.1, 0.15) is 25.0 Å². The molecule has 1 atom stereocenters. The van der Waals surface area contributed by atoms with Crippen LogP contribution in [0.15, 0.2) is 18.2 Å². The van der Waals surface area contributed by atoms with Crippen LogP contribution in [0.3, 0.4) is 0 Å². The van der Waals surface area contributed by atoms with Crippen molar-refractivity contribution in [2.24, 2.45) is 0 Å². The predicted molar refractivity (Wildman–Crippen MR) is 62.5 cm³/mol. The van der Waals surface area contributed by atoms with Crippen LogP contribution in [0.4, 0.5) is 0 Å². The van der Waals surface area contributed by atoms with Crippen LogP contribution in [0, 0.1) is 0 Å². The highest BCUT2D eigenvalue weighted by Crippen LogP contribution is 2.30. The van der Waals surface area contributed by atoms with E-state index in [2.05, 4.69) is 0 Å². The molecule has 1 aromatic rings. The molecule has 1 aromatic carbocycles. The minimum atomic E-state index is -0.0730. The molecule has 0 saturated carbocycles. The van der Waals surface area contributed by atoms with Gasteiger partial charge in [-0.3, -0.25) is 0 Å². The molecule has 0 spiro atoms.